The first-order chi connectivity index (χ1) is 6.02. The van der Waals surface area contributed by atoms with Crippen LogP contribution in [0.4, 0.5) is 0 Å². The first-order valence-electron chi connectivity index (χ1n) is 3.50. The van der Waals surface area contributed by atoms with Crippen LogP contribution in [0.3, 0.4) is 0 Å². The number of ether oxygens (including phenoxy) is 1. The van der Waals surface area contributed by atoms with Gasteiger partial charge in [-0.25, -0.2) is 0 Å². The van der Waals surface area contributed by atoms with Gasteiger partial charge in [-0.15, -0.1) is 11.3 Å². The van der Waals surface area contributed by atoms with Crippen LogP contribution in [0, 0.1) is 6.92 Å². The third-order valence-corrected chi connectivity index (χ3v) is 2.47. The van der Waals surface area contributed by atoms with Crippen molar-refractivity contribution in [2.24, 2.45) is 0 Å². The Bertz CT molecular complexity index is 353. The summed E-state index contributed by atoms with van der Waals surface area (Å²) in [6.45, 7) is 2.83. The topological polar surface area (TPSA) is 66.4 Å². The van der Waals surface area contributed by atoms with Crippen molar-refractivity contribution in [3.05, 3.63) is 15.8 Å². The molecule has 0 bridgehead atoms. The van der Waals surface area contributed by atoms with Crippen molar-refractivity contribution < 1.29 is 19.4 Å². The number of rotatable bonds is 2. The number of carbonyl (C=O) groups is 2. The van der Waals surface area contributed by atoms with E-state index >= 15 is 0 Å². The highest BCUT2D eigenvalue weighted by atomic mass is 32.1. The van der Waals surface area contributed by atoms with Crippen LogP contribution < -0.4 is 9.84 Å². The molecular formula is C8H7O4S-. The van der Waals surface area contributed by atoms with E-state index in [1.807, 2.05) is 0 Å². The molecular weight excluding hydrogens is 192 g/mol. The minimum Gasteiger partial charge on any atom is -0.544 e. The molecule has 1 aromatic heterocycles. The predicted molar refractivity (Wildman–Crippen MR) is 44.7 cm³/mol. The van der Waals surface area contributed by atoms with E-state index in [0.717, 1.165) is 11.3 Å². The number of esters is 1. The Labute approximate surface area is 78.8 Å². The smallest absolute Gasteiger partial charge is 0.308 e. The zero-order chi connectivity index (χ0) is 10.0. The molecule has 70 valence electrons. The summed E-state index contributed by atoms with van der Waals surface area (Å²) in [5.74, 6) is -1.43. The van der Waals surface area contributed by atoms with Crippen molar-refractivity contribution in [1.82, 2.24) is 0 Å². The lowest BCUT2D eigenvalue weighted by atomic mass is 10.3. The molecule has 0 atom stereocenters. The Hall–Kier alpha value is -1.36. The molecule has 0 amide bonds. The van der Waals surface area contributed by atoms with E-state index in [2.05, 4.69) is 0 Å². The maximum absolute atomic E-state index is 10.6. The van der Waals surface area contributed by atoms with E-state index in [1.165, 1.54) is 12.3 Å². The van der Waals surface area contributed by atoms with Gasteiger partial charge in [-0.05, 0) is 6.92 Å². The van der Waals surface area contributed by atoms with E-state index < -0.39 is 11.9 Å². The summed E-state index contributed by atoms with van der Waals surface area (Å²) >= 11 is 0.987. The molecule has 1 aromatic rings. The fourth-order valence-corrected chi connectivity index (χ4v) is 1.68. The van der Waals surface area contributed by atoms with Gasteiger partial charge in [0.05, 0.1) is 10.8 Å². The van der Waals surface area contributed by atoms with Gasteiger partial charge in [0.15, 0.2) is 0 Å². The van der Waals surface area contributed by atoms with Crippen LogP contribution in [0.5, 0.6) is 5.75 Å². The van der Waals surface area contributed by atoms with E-state index in [-0.39, 0.29) is 10.6 Å². The van der Waals surface area contributed by atoms with Gasteiger partial charge in [0.25, 0.3) is 0 Å². The monoisotopic (exact) mass is 199 g/mol. The van der Waals surface area contributed by atoms with Gasteiger partial charge in [0.1, 0.15) is 5.75 Å². The van der Waals surface area contributed by atoms with Gasteiger partial charge in [-0.1, -0.05) is 0 Å². The normalized spacial score (nSPS) is 9.69. The minimum absolute atomic E-state index is 0.0938. The Morgan fingerprint density at radius 1 is 1.54 bits per heavy atom. The second-order valence-corrected chi connectivity index (χ2v) is 3.31. The molecule has 0 aromatic carbocycles. The van der Waals surface area contributed by atoms with E-state index in [4.69, 9.17) is 4.74 Å². The quantitative estimate of drug-likeness (QED) is 0.644. The highest BCUT2D eigenvalue weighted by molar-refractivity contribution is 7.12. The van der Waals surface area contributed by atoms with Gasteiger partial charge in [0.2, 0.25) is 0 Å². The summed E-state index contributed by atoms with van der Waals surface area (Å²) < 4.78 is 4.76. The molecule has 0 fully saturated rings. The molecule has 0 saturated heterocycles. The fraction of sp³-hybridized carbons (Fsp3) is 0.250. The number of carboxylic acid groups (broad SMARTS) is 1. The van der Waals surface area contributed by atoms with E-state index in [1.54, 1.807) is 6.92 Å². The highest BCUT2D eigenvalue weighted by Gasteiger charge is 2.10. The van der Waals surface area contributed by atoms with Crippen molar-refractivity contribution >= 4 is 23.3 Å². The number of hydrogen-bond acceptors (Lipinski definition) is 5. The van der Waals surface area contributed by atoms with Gasteiger partial charge in [-0.3, -0.25) is 4.79 Å². The number of carboxylic acids is 1. The first kappa shape index (κ1) is 9.73. The zero-order valence-electron chi connectivity index (χ0n) is 7.12. The summed E-state index contributed by atoms with van der Waals surface area (Å²) in [7, 11) is 0. The van der Waals surface area contributed by atoms with Gasteiger partial charge in [0, 0.05) is 17.9 Å². The van der Waals surface area contributed by atoms with Crippen molar-refractivity contribution in [2.75, 3.05) is 0 Å². The van der Waals surface area contributed by atoms with Crippen LogP contribution in [-0.2, 0) is 4.79 Å². The second-order valence-electron chi connectivity index (χ2n) is 2.44. The van der Waals surface area contributed by atoms with Crippen molar-refractivity contribution in [1.29, 1.82) is 0 Å². The number of aromatic carboxylic acids is 1. The molecule has 13 heavy (non-hydrogen) atoms. The summed E-state index contributed by atoms with van der Waals surface area (Å²) in [4.78, 5) is 21.1. The second kappa shape index (κ2) is 3.57. The van der Waals surface area contributed by atoms with Crippen molar-refractivity contribution in [2.45, 2.75) is 13.8 Å². The number of thiophene rings is 1. The van der Waals surface area contributed by atoms with Gasteiger partial charge >= 0.3 is 5.97 Å². The minimum atomic E-state index is -1.25. The molecule has 0 N–H and O–H groups in total. The third kappa shape index (κ3) is 2.06. The van der Waals surface area contributed by atoms with Crippen molar-refractivity contribution in [3.63, 3.8) is 0 Å². The van der Waals surface area contributed by atoms with Crippen molar-refractivity contribution in [3.8, 4) is 5.75 Å². The summed E-state index contributed by atoms with van der Waals surface area (Å²) in [5.41, 5.74) is 0.431. The molecule has 0 spiro atoms. The maximum atomic E-state index is 10.6. The van der Waals surface area contributed by atoms with Crippen LogP contribution in [0.15, 0.2) is 5.38 Å². The largest absolute Gasteiger partial charge is 0.544 e. The molecule has 1 rings (SSSR count). The average Bonchev–Trinajstić information content (AvgIpc) is 2.32. The molecule has 0 unspecified atom stereocenters. The van der Waals surface area contributed by atoms with E-state index in [0.29, 0.717) is 5.56 Å². The first-order valence-corrected chi connectivity index (χ1v) is 4.38. The standard InChI is InChI=1S/C8H8O4S/c1-4-6(12-5(2)9)3-13-7(4)8(10)11/h3H,1-2H3,(H,10,11)/p-1. The van der Waals surface area contributed by atoms with Crippen LogP contribution >= 0.6 is 11.3 Å². The highest BCUT2D eigenvalue weighted by Crippen LogP contribution is 2.27. The molecule has 0 radical (unpaired) electrons. The number of carbonyl (C=O) groups excluding carboxylic acids is 2. The molecule has 0 aliphatic carbocycles. The summed E-state index contributed by atoms with van der Waals surface area (Å²) in [6.07, 6.45) is 0. The fourth-order valence-electron chi connectivity index (χ4n) is 0.858. The third-order valence-electron chi connectivity index (χ3n) is 1.43. The predicted octanol–water partition coefficient (Wildman–Crippen LogP) is 0.345. The van der Waals surface area contributed by atoms with Gasteiger partial charge in [-0.2, -0.15) is 0 Å². The lowest BCUT2D eigenvalue weighted by molar-refractivity contribution is -0.254. The maximum Gasteiger partial charge on any atom is 0.308 e. The average molecular weight is 199 g/mol. The lowest BCUT2D eigenvalue weighted by Crippen LogP contribution is -2.21. The Morgan fingerprint density at radius 2 is 2.15 bits per heavy atom. The Balaban J connectivity index is 2.99. The SMILES string of the molecule is CC(=O)Oc1csc(C(=O)[O-])c1C. The summed E-state index contributed by atoms with van der Waals surface area (Å²) in [6, 6.07) is 0. The zero-order valence-corrected chi connectivity index (χ0v) is 7.94. The molecule has 1 heterocycles. The Morgan fingerprint density at radius 3 is 2.54 bits per heavy atom. The molecule has 0 aliphatic heterocycles. The number of hydrogen-bond donors (Lipinski definition) is 0. The molecule has 4 nitrogen and oxygen atoms in total. The Kier molecular flexibility index (Phi) is 2.67. The summed E-state index contributed by atoms with van der Waals surface area (Å²) in [5, 5.41) is 12.0. The van der Waals surface area contributed by atoms with Crippen LogP contribution in [0.25, 0.3) is 0 Å². The van der Waals surface area contributed by atoms with Crippen LogP contribution in [0.1, 0.15) is 22.2 Å². The van der Waals surface area contributed by atoms with Crippen LogP contribution in [0.2, 0.25) is 0 Å². The van der Waals surface area contributed by atoms with Gasteiger partial charge < -0.3 is 14.6 Å². The van der Waals surface area contributed by atoms with E-state index in [9.17, 15) is 14.7 Å². The lowest BCUT2D eigenvalue weighted by Gasteiger charge is -2.01. The molecule has 0 saturated carbocycles. The molecule has 5 heteroatoms. The van der Waals surface area contributed by atoms with Crippen LogP contribution in [-0.4, -0.2) is 11.9 Å². The molecule has 0 aliphatic rings.